The number of anilines is 2. The van der Waals surface area contributed by atoms with Gasteiger partial charge in [0.05, 0.1) is 5.69 Å². The molecule has 1 aromatic carbocycles. The highest BCUT2D eigenvalue weighted by molar-refractivity contribution is 9.10. The van der Waals surface area contributed by atoms with Crippen molar-refractivity contribution in [2.24, 2.45) is 5.92 Å². The fourth-order valence-corrected chi connectivity index (χ4v) is 3.13. The summed E-state index contributed by atoms with van der Waals surface area (Å²) in [6.07, 6.45) is 4.02. The van der Waals surface area contributed by atoms with Crippen molar-refractivity contribution in [1.29, 1.82) is 0 Å². The van der Waals surface area contributed by atoms with Gasteiger partial charge in [-0.3, -0.25) is 4.79 Å². The first-order valence-electron chi connectivity index (χ1n) is 7.77. The topological polar surface area (TPSA) is 58.1 Å². The van der Waals surface area contributed by atoms with E-state index in [1.54, 1.807) is 12.3 Å². The molecule has 3 rings (SSSR count). The molecule has 2 heterocycles. The highest BCUT2D eigenvalue weighted by atomic mass is 79.9. The third-order valence-electron chi connectivity index (χ3n) is 3.94. The monoisotopic (exact) mass is 374 g/mol. The fourth-order valence-electron chi connectivity index (χ4n) is 2.75. The summed E-state index contributed by atoms with van der Waals surface area (Å²) >= 11 is 3.43. The summed E-state index contributed by atoms with van der Waals surface area (Å²) in [5, 5.41) is 2.87. The Kier molecular flexibility index (Phi) is 4.91. The van der Waals surface area contributed by atoms with Gasteiger partial charge in [-0.2, -0.15) is 0 Å². The number of hydrogen-bond acceptors (Lipinski definition) is 4. The van der Waals surface area contributed by atoms with Gasteiger partial charge in [-0.1, -0.05) is 19.1 Å². The maximum Gasteiger partial charge on any atom is 0.274 e. The van der Waals surface area contributed by atoms with Crippen molar-refractivity contribution in [3.8, 4) is 0 Å². The molecule has 1 fully saturated rings. The SMILES string of the molecule is CC1CCCN(c2nccc(C(=O)Nc3ccccc3Br)n2)C1. The van der Waals surface area contributed by atoms with E-state index >= 15 is 0 Å². The Hall–Kier alpha value is -1.95. The number of para-hydroxylation sites is 1. The van der Waals surface area contributed by atoms with Gasteiger partial charge in [-0.15, -0.1) is 0 Å². The second kappa shape index (κ2) is 7.08. The molecule has 1 saturated heterocycles. The van der Waals surface area contributed by atoms with Crippen LogP contribution in [-0.4, -0.2) is 29.0 Å². The average Bonchev–Trinajstić information content (AvgIpc) is 2.57. The number of aromatic nitrogens is 2. The molecule has 0 aliphatic carbocycles. The lowest BCUT2D eigenvalue weighted by atomic mass is 10.0. The fraction of sp³-hybridized carbons (Fsp3) is 0.353. The van der Waals surface area contributed by atoms with Crippen LogP contribution in [0.15, 0.2) is 41.0 Å². The van der Waals surface area contributed by atoms with Crippen molar-refractivity contribution in [2.45, 2.75) is 19.8 Å². The molecule has 0 saturated carbocycles. The van der Waals surface area contributed by atoms with Gasteiger partial charge in [0.2, 0.25) is 5.95 Å². The zero-order valence-electron chi connectivity index (χ0n) is 13.0. The molecule has 1 aromatic heterocycles. The van der Waals surface area contributed by atoms with Gasteiger partial charge in [0.25, 0.3) is 5.91 Å². The summed E-state index contributed by atoms with van der Waals surface area (Å²) in [7, 11) is 0. The van der Waals surface area contributed by atoms with Crippen LogP contribution in [0.1, 0.15) is 30.3 Å². The zero-order valence-corrected chi connectivity index (χ0v) is 14.6. The number of benzene rings is 1. The van der Waals surface area contributed by atoms with Crippen LogP contribution in [-0.2, 0) is 0 Å². The molecule has 1 N–H and O–H groups in total. The van der Waals surface area contributed by atoms with Crippen molar-refractivity contribution in [2.75, 3.05) is 23.3 Å². The number of carbonyl (C=O) groups excluding carboxylic acids is 1. The largest absolute Gasteiger partial charge is 0.341 e. The van der Waals surface area contributed by atoms with E-state index in [1.165, 1.54) is 6.42 Å². The molecular weight excluding hydrogens is 356 g/mol. The number of nitrogens with one attached hydrogen (secondary N) is 1. The highest BCUT2D eigenvalue weighted by Gasteiger charge is 2.20. The molecule has 1 unspecified atom stereocenters. The van der Waals surface area contributed by atoms with Crippen LogP contribution in [0, 0.1) is 5.92 Å². The summed E-state index contributed by atoms with van der Waals surface area (Å²) < 4.78 is 0.840. The van der Waals surface area contributed by atoms with Gasteiger partial charge in [-0.05, 0) is 52.9 Å². The van der Waals surface area contributed by atoms with Crippen molar-refractivity contribution < 1.29 is 4.79 Å². The highest BCUT2D eigenvalue weighted by Crippen LogP contribution is 2.22. The van der Waals surface area contributed by atoms with Crippen LogP contribution >= 0.6 is 15.9 Å². The Morgan fingerprint density at radius 3 is 2.96 bits per heavy atom. The smallest absolute Gasteiger partial charge is 0.274 e. The molecular formula is C17H19BrN4O. The predicted octanol–water partition coefficient (Wildman–Crippen LogP) is 3.73. The lowest BCUT2D eigenvalue weighted by Gasteiger charge is -2.30. The summed E-state index contributed by atoms with van der Waals surface area (Å²) in [6, 6.07) is 9.15. The van der Waals surface area contributed by atoms with Gasteiger partial charge in [0.1, 0.15) is 5.69 Å². The van der Waals surface area contributed by atoms with Crippen molar-refractivity contribution in [3.63, 3.8) is 0 Å². The van der Waals surface area contributed by atoms with Crippen LogP contribution < -0.4 is 10.2 Å². The first-order valence-corrected chi connectivity index (χ1v) is 8.56. The normalized spacial score (nSPS) is 17.8. The molecule has 1 aliphatic heterocycles. The second-order valence-electron chi connectivity index (χ2n) is 5.87. The number of halogens is 1. The van der Waals surface area contributed by atoms with Gasteiger partial charge in [-0.25, -0.2) is 9.97 Å². The Morgan fingerprint density at radius 1 is 1.35 bits per heavy atom. The molecule has 0 radical (unpaired) electrons. The van der Waals surface area contributed by atoms with E-state index in [1.807, 2.05) is 24.3 Å². The number of hydrogen-bond donors (Lipinski definition) is 1. The molecule has 1 atom stereocenters. The van der Waals surface area contributed by atoms with Crippen LogP contribution in [0.25, 0.3) is 0 Å². The van der Waals surface area contributed by atoms with E-state index in [0.717, 1.165) is 29.7 Å². The summed E-state index contributed by atoms with van der Waals surface area (Å²) in [5.41, 5.74) is 1.10. The summed E-state index contributed by atoms with van der Waals surface area (Å²) in [6.45, 7) is 4.12. The molecule has 1 aliphatic rings. The van der Waals surface area contributed by atoms with E-state index in [4.69, 9.17) is 0 Å². The number of carbonyl (C=O) groups is 1. The third kappa shape index (κ3) is 3.88. The van der Waals surface area contributed by atoms with Gasteiger partial charge in [0, 0.05) is 23.8 Å². The standard InChI is InChI=1S/C17H19BrN4O/c1-12-5-4-10-22(11-12)17-19-9-8-15(21-17)16(23)20-14-7-3-2-6-13(14)18/h2-3,6-9,12H,4-5,10-11H2,1H3,(H,20,23). The number of amides is 1. The zero-order chi connectivity index (χ0) is 16.2. The number of piperidine rings is 1. The lowest BCUT2D eigenvalue weighted by Crippen LogP contribution is -2.35. The van der Waals surface area contributed by atoms with Gasteiger partial charge < -0.3 is 10.2 Å². The van der Waals surface area contributed by atoms with E-state index in [2.05, 4.69) is 43.0 Å². The quantitative estimate of drug-likeness (QED) is 0.888. The summed E-state index contributed by atoms with van der Waals surface area (Å²) in [5.74, 6) is 1.03. The van der Waals surface area contributed by atoms with E-state index in [9.17, 15) is 4.79 Å². The molecule has 120 valence electrons. The first kappa shape index (κ1) is 15.9. The maximum absolute atomic E-state index is 12.4. The van der Waals surface area contributed by atoms with Crippen molar-refractivity contribution in [3.05, 3.63) is 46.7 Å². The molecule has 0 bridgehead atoms. The van der Waals surface area contributed by atoms with Gasteiger partial charge in [0.15, 0.2) is 0 Å². The molecule has 5 nitrogen and oxygen atoms in total. The van der Waals surface area contributed by atoms with Crippen molar-refractivity contribution in [1.82, 2.24) is 9.97 Å². The predicted molar refractivity (Wildman–Crippen MR) is 94.7 cm³/mol. The molecule has 1 amide bonds. The molecule has 0 spiro atoms. The molecule has 23 heavy (non-hydrogen) atoms. The number of nitrogens with zero attached hydrogens (tertiary/aromatic N) is 3. The minimum atomic E-state index is -0.231. The lowest BCUT2D eigenvalue weighted by molar-refractivity contribution is 0.102. The Labute approximate surface area is 144 Å². The summed E-state index contributed by atoms with van der Waals surface area (Å²) in [4.78, 5) is 23.4. The molecule has 6 heteroatoms. The van der Waals surface area contributed by atoms with Crippen LogP contribution in [0.5, 0.6) is 0 Å². The van der Waals surface area contributed by atoms with Crippen molar-refractivity contribution >= 4 is 33.5 Å². The average molecular weight is 375 g/mol. The van der Waals surface area contributed by atoms with E-state index in [-0.39, 0.29) is 5.91 Å². The Bertz CT molecular complexity index is 706. The maximum atomic E-state index is 12.4. The Balaban J connectivity index is 1.76. The first-order chi connectivity index (χ1) is 11.1. The van der Waals surface area contributed by atoms with E-state index in [0.29, 0.717) is 17.6 Å². The molecule has 2 aromatic rings. The van der Waals surface area contributed by atoms with Crippen LogP contribution in [0.2, 0.25) is 0 Å². The van der Waals surface area contributed by atoms with E-state index < -0.39 is 0 Å². The Morgan fingerprint density at radius 2 is 2.17 bits per heavy atom. The van der Waals surface area contributed by atoms with Gasteiger partial charge >= 0.3 is 0 Å². The minimum absolute atomic E-state index is 0.231. The van der Waals surface area contributed by atoms with Crippen LogP contribution in [0.4, 0.5) is 11.6 Å². The number of rotatable bonds is 3. The second-order valence-corrected chi connectivity index (χ2v) is 6.72. The minimum Gasteiger partial charge on any atom is -0.341 e. The van der Waals surface area contributed by atoms with Crippen LogP contribution in [0.3, 0.4) is 0 Å². The third-order valence-corrected chi connectivity index (χ3v) is 4.63.